The van der Waals surface area contributed by atoms with Crippen molar-refractivity contribution in [2.75, 3.05) is 13.1 Å². The lowest BCUT2D eigenvalue weighted by atomic mass is 10.0. The van der Waals surface area contributed by atoms with E-state index in [2.05, 4.69) is 4.90 Å². The standard InChI is InChI=1S/C15H21NO3/c17-13-7-5-12(6-8-13)11-14(15(18)19)16-9-3-1-2-4-10-16/h5-8,14,17H,1-4,9-11H2,(H,18,19). The average Bonchev–Trinajstić information content (AvgIpc) is 2.66. The molecule has 4 heteroatoms. The van der Waals surface area contributed by atoms with Crippen molar-refractivity contribution in [1.82, 2.24) is 4.90 Å². The largest absolute Gasteiger partial charge is 0.508 e. The SMILES string of the molecule is O=C(O)C(Cc1ccc(O)cc1)N1CCCCCC1. The fourth-order valence-corrected chi connectivity index (χ4v) is 2.63. The van der Waals surface area contributed by atoms with Gasteiger partial charge >= 0.3 is 5.97 Å². The van der Waals surface area contributed by atoms with Gasteiger partial charge in [0.15, 0.2) is 0 Å². The maximum absolute atomic E-state index is 11.5. The first-order chi connectivity index (χ1) is 9.16. The maximum Gasteiger partial charge on any atom is 0.321 e. The number of nitrogens with zero attached hydrogens (tertiary/aromatic N) is 1. The van der Waals surface area contributed by atoms with Crippen LogP contribution in [0.5, 0.6) is 5.75 Å². The van der Waals surface area contributed by atoms with Gasteiger partial charge in [0.25, 0.3) is 0 Å². The summed E-state index contributed by atoms with van der Waals surface area (Å²) in [5, 5.41) is 18.7. The van der Waals surface area contributed by atoms with Crippen molar-refractivity contribution in [3.8, 4) is 5.75 Å². The lowest BCUT2D eigenvalue weighted by molar-refractivity contribution is -0.143. The van der Waals surface area contributed by atoms with Crippen LogP contribution in [0.15, 0.2) is 24.3 Å². The van der Waals surface area contributed by atoms with E-state index in [9.17, 15) is 15.0 Å². The monoisotopic (exact) mass is 263 g/mol. The van der Waals surface area contributed by atoms with Crippen LogP contribution >= 0.6 is 0 Å². The first kappa shape index (κ1) is 13.9. The van der Waals surface area contributed by atoms with Gasteiger partial charge in [0.1, 0.15) is 11.8 Å². The van der Waals surface area contributed by atoms with Crippen LogP contribution in [-0.2, 0) is 11.2 Å². The molecule has 2 rings (SSSR count). The normalized spacial score (nSPS) is 18.7. The Bertz CT molecular complexity index is 408. The van der Waals surface area contributed by atoms with Gasteiger partial charge in [-0.1, -0.05) is 25.0 Å². The summed E-state index contributed by atoms with van der Waals surface area (Å²) < 4.78 is 0. The zero-order chi connectivity index (χ0) is 13.7. The Morgan fingerprint density at radius 3 is 2.21 bits per heavy atom. The fraction of sp³-hybridized carbons (Fsp3) is 0.533. The van der Waals surface area contributed by atoms with Crippen LogP contribution in [0.25, 0.3) is 0 Å². The van der Waals surface area contributed by atoms with Gasteiger partial charge in [0.2, 0.25) is 0 Å². The number of phenolic OH excluding ortho intramolecular Hbond substituents is 1. The molecule has 0 spiro atoms. The number of hydrogen-bond donors (Lipinski definition) is 2. The van der Waals surface area contributed by atoms with Crippen LogP contribution in [0.3, 0.4) is 0 Å². The molecule has 0 aromatic heterocycles. The Kier molecular flexibility index (Phi) is 4.80. The van der Waals surface area contributed by atoms with Gasteiger partial charge in [0.05, 0.1) is 0 Å². The lowest BCUT2D eigenvalue weighted by Crippen LogP contribution is -2.43. The summed E-state index contributed by atoms with van der Waals surface area (Å²) in [4.78, 5) is 13.6. The third kappa shape index (κ3) is 3.96. The molecule has 0 amide bonds. The molecule has 1 fully saturated rings. The van der Waals surface area contributed by atoms with Crippen molar-refractivity contribution in [2.45, 2.75) is 38.1 Å². The highest BCUT2D eigenvalue weighted by molar-refractivity contribution is 5.74. The molecule has 1 unspecified atom stereocenters. The number of rotatable bonds is 4. The minimum absolute atomic E-state index is 0.213. The molecule has 1 aliphatic heterocycles. The first-order valence-electron chi connectivity index (χ1n) is 6.91. The van der Waals surface area contributed by atoms with E-state index in [0.29, 0.717) is 6.42 Å². The smallest absolute Gasteiger partial charge is 0.321 e. The molecular formula is C15H21NO3. The molecule has 19 heavy (non-hydrogen) atoms. The molecule has 2 N–H and O–H groups in total. The highest BCUT2D eigenvalue weighted by atomic mass is 16.4. The van der Waals surface area contributed by atoms with Gasteiger partial charge in [-0.2, -0.15) is 0 Å². The molecule has 1 aliphatic rings. The van der Waals surface area contributed by atoms with E-state index in [1.807, 2.05) is 0 Å². The second-order valence-corrected chi connectivity index (χ2v) is 5.17. The zero-order valence-electron chi connectivity index (χ0n) is 11.1. The minimum atomic E-state index is -0.755. The summed E-state index contributed by atoms with van der Waals surface area (Å²) in [6.45, 7) is 1.74. The van der Waals surface area contributed by atoms with E-state index in [4.69, 9.17) is 0 Å². The van der Waals surface area contributed by atoms with Gasteiger partial charge in [-0.15, -0.1) is 0 Å². The van der Waals surface area contributed by atoms with E-state index >= 15 is 0 Å². The lowest BCUT2D eigenvalue weighted by Gasteiger charge is -2.27. The number of aliphatic carboxylic acids is 1. The van der Waals surface area contributed by atoms with E-state index in [1.54, 1.807) is 24.3 Å². The van der Waals surface area contributed by atoms with Gasteiger partial charge in [-0.05, 0) is 50.0 Å². The van der Waals surface area contributed by atoms with Gasteiger partial charge < -0.3 is 10.2 Å². The van der Waals surface area contributed by atoms with Crippen LogP contribution in [0.4, 0.5) is 0 Å². The first-order valence-corrected chi connectivity index (χ1v) is 6.91. The summed E-state index contributed by atoms with van der Waals surface area (Å²) >= 11 is 0. The summed E-state index contributed by atoms with van der Waals surface area (Å²) in [6, 6.07) is 6.35. The minimum Gasteiger partial charge on any atom is -0.508 e. The Balaban J connectivity index is 2.06. The quantitative estimate of drug-likeness (QED) is 0.874. The van der Waals surface area contributed by atoms with E-state index in [0.717, 1.165) is 31.5 Å². The molecule has 1 aromatic rings. The third-order valence-corrected chi connectivity index (χ3v) is 3.73. The fourth-order valence-electron chi connectivity index (χ4n) is 2.63. The molecule has 0 aliphatic carbocycles. The van der Waals surface area contributed by atoms with E-state index in [1.165, 1.54) is 12.8 Å². The molecule has 1 heterocycles. The number of phenols is 1. The molecule has 1 saturated heterocycles. The maximum atomic E-state index is 11.5. The highest BCUT2D eigenvalue weighted by Crippen LogP contribution is 2.17. The Morgan fingerprint density at radius 2 is 1.68 bits per heavy atom. The summed E-state index contributed by atoms with van der Waals surface area (Å²) in [6.07, 6.45) is 5.05. The number of aromatic hydroxyl groups is 1. The van der Waals surface area contributed by atoms with Crippen LogP contribution in [0.2, 0.25) is 0 Å². The number of carboxylic acids is 1. The molecule has 0 saturated carbocycles. The predicted molar refractivity (Wildman–Crippen MR) is 73.3 cm³/mol. The molecule has 1 atom stereocenters. The average molecular weight is 263 g/mol. The summed E-state index contributed by atoms with van der Waals surface area (Å²) in [5.74, 6) is -0.541. The Labute approximate surface area is 113 Å². The van der Waals surface area contributed by atoms with Crippen molar-refractivity contribution < 1.29 is 15.0 Å². The number of hydrogen-bond acceptors (Lipinski definition) is 3. The van der Waals surface area contributed by atoms with Crippen LogP contribution in [0.1, 0.15) is 31.2 Å². The number of likely N-dealkylation sites (tertiary alicyclic amines) is 1. The third-order valence-electron chi connectivity index (χ3n) is 3.73. The van der Waals surface area contributed by atoms with Gasteiger partial charge in [0, 0.05) is 0 Å². The molecule has 4 nitrogen and oxygen atoms in total. The number of carbonyl (C=O) groups is 1. The van der Waals surface area contributed by atoms with Crippen molar-refractivity contribution in [2.24, 2.45) is 0 Å². The second kappa shape index (κ2) is 6.57. The molecule has 0 radical (unpaired) electrons. The molecule has 1 aromatic carbocycles. The molecular weight excluding hydrogens is 242 g/mol. The molecule has 104 valence electrons. The highest BCUT2D eigenvalue weighted by Gasteiger charge is 2.26. The van der Waals surface area contributed by atoms with E-state index in [-0.39, 0.29) is 5.75 Å². The van der Waals surface area contributed by atoms with Crippen molar-refractivity contribution >= 4 is 5.97 Å². The van der Waals surface area contributed by atoms with Crippen LogP contribution in [0, 0.1) is 0 Å². The van der Waals surface area contributed by atoms with Crippen molar-refractivity contribution in [3.05, 3.63) is 29.8 Å². The van der Waals surface area contributed by atoms with Crippen molar-refractivity contribution in [1.29, 1.82) is 0 Å². The topological polar surface area (TPSA) is 60.8 Å². The number of benzene rings is 1. The zero-order valence-corrected chi connectivity index (χ0v) is 11.1. The van der Waals surface area contributed by atoms with Crippen molar-refractivity contribution in [3.63, 3.8) is 0 Å². The number of carboxylic acid groups (broad SMARTS) is 1. The Hall–Kier alpha value is -1.55. The van der Waals surface area contributed by atoms with Crippen LogP contribution in [-0.4, -0.2) is 40.2 Å². The van der Waals surface area contributed by atoms with E-state index < -0.39 is 12.0 Å². The predicted octanol–water partition coefficient (Wildman–Crippen LogP) is 2.26. The summed E-state index contributed by atoms with van der Waals surface area (Å²) in [7, 11) is 0. The van der Waals surface area contributed by atoms with Gasteiger partial charge in [-0.25, -0.2) is 0 Å². The summed E-state index contributed by atoms with van der Waals surface area (Å²) in [5.41, 5.74) is 0.953. The Morgan fingerprint density at radius 1 is 1.11 bits per heavy atom. The second-order valence-electron chi connectivity index (χ2n) is 5.17. The molecule has 0 bridgehead atoms. The van der Waals surface area contributed by atoms with Crippen LogP contribution < -0.4 is 0 Å². The van der Waals surface area contributed by atoms with Gasteiger partial charge in [-0.3, -0.25) is 9.69 Å².